The molecule has 0 radical (unpaired) electrons. The zero-order valence-corrected chi connectivity index (χ0v) is 36.8. The zero-order valence-electron chi connectivity index (χ0n) is 36.1. The molecule has 0 aromatic heterocycles. The Labute approximate surface area is 379 Å². The molecule has 0 spiro atoms. The Morgan fingerprint density at radius 1 is 0.969 bits per heavy atom. The number of allylic oxidation sites excluding steroid dienone is 1. The summed E-state index contributed by atoms with van der Waals surface area (Å²) >= 11 is 5.97. The number of nitro benzene ring substituents is 1. The van der Waals surface area contributed by atoms with E-state index in [4.69, 9.17) is 40.5 Å². The molecule has 1 amide bonds. The van der Waals surface area contributed by atoms with Crippen LogP contribution in [-0.2, 0) is 20.9 Å². The summed E-state index contributed by atoms with van der Waals surface area (Å²) in [5.41, 5.74) is 5.19. The fourth-order valence-corrected chi connectivity index (χ4v) is 9.60. The van der Waals surface area contributed by atoms with Crippen molar-refractivity contribution in [3.05, 3.63) is 143 Å². The summed E-state index contributed by atoms with van der Waals surface area (Å²) in [6, 6.07) is 29.2. The molecule has 1 fully saturated rings. The molecule has 2 N–H and O–H groups in total. The number of unbranched alkanes of at least 4 members (excludes halogenated alkanes) is 2. The standard InChI is InChI=1S/C50H56ClN3O10/c1-3-28-61-50-46(53(2)49(57)60-29-25-51)32-44(52-62-33-34-15-19-38(20-16-34)54(58)59)42-30-37(13-7-9-26-55)41(14-8-10-27-56)47(48(42)50)43-31-40(23-24-45(43)64-50)63-39-21-17-36(18-22-39)35-11-5-4-6-12-35/h3-6,11-12,15-24,30-31,37,41,46-48,55-56H,1,7-10,13-14,25-29,32-33H2,2H3/t37-,41+,46-,47+,48+,50+/m0/s1. The van der Waals surface area contributed by atoms with Crippen molar-refractivity contribution in [1.82, 2.24) is 4.90 Å². The van der Waals surface area contributed by atoms with E-state index in [1.54, 1.807) is 25.3 Å². The molecule has 1 heterocycles. The molecule has 13 nitrogen and oxygen atoms in total. The second-order valence-electron chi connectivity index (χ2n) is 16.4. The van der Waals surface area contributed by atoms with E-state index in [2.05, 4.69) is 24.8 Å². The Morgan fingerprint density at radius 2 is 1.67 bits per heavy atom. The topological polar surface area (TPSA) is 162 Å². The Balaban J connectivity index is 1.36. The van der Waals surface area contributed by atoms with E-state index in [9.17, 15) is 25.1 Å². The van der Waals surface area contributed by atoms with Gasteiger partial charge in [0.15, 0.2) is 0 Å². The van der Waals surface area contributed by atoms with Gasteiger partial charge in [-0.25, -0.2) is 4.79 Å². The number of aliphatic hydroxyl groups excluding tert-OH is 2. The number of carbonyl (C=O) groups excluding carboxylic acids is 1. The lowest BCUT2D eigenvalue weighted by Crippen LogP contribution is -2.69. The average molecular weight is 894 g/mol. The quantitative estimate of drug-likeness (QED) is 0.0271. The van der Waals surface area contributed by atoms with Gasteiger partial charge < -0.3 is 38.9 Å². The third-order valence-corrected chi connectivity index (χ3v) is 12.6. The average Bonchev–Trinajstić information content (AvgIpc) is 3.32. The summed E-state index contributed by atoms with van der Waals surface area (Å²) in [5, 5.41) is 36.0. The van der Waals surface area contributed by atoms with Crippen LogP contribution in [-0.4, -0.2) is 83.0 Å². The van der Waals surface area contributed by atoms with Gasteiger partial charge in [0.1, 0.15) is 36.5 Å². The predicted molar refractivity (Wildman–Crippen MR) is 245 cm³/mol. The van der Waals surface area contributed by atoms with Crippen LogP contribution in [0, 0.1) is 27.9 Å². The normalized spacial score (nSPS) is 22.6. The summed E-state index contributed by atoms with van der Waals surface area (Å²) in [4.78, 5) is 32.3. The molecular formula is C50H56ClN3O10. The molecule has 0 bridgehead atoms. The summed E-state index contributed by atoms with van der Waals surface area (Å²) in [5.74, 6) is -0.284. The number of benzene rings is 4. The lowest BCUT2D eigenvalue weighted by Gasteiger charge is -2.59. The number of ether oxygens (including phenoxy) is 4. The van der Waals surface area contributed by atoms with Crippen LogP contribution in [0.5, 0.6) is 17.2 Å². The number of halogens is 1. The maximum Gasteiger partial charge on any atom is 0.410 e. The number of hydrogen-bond donors (Lipinski definition) is 2. The van der Waals surface area contributed by atoms with E-state index in [0.717, 1.165) is 47.9 Å². The van der Waals surface area contributed by atoms with Gasteiger partial charge in [0.25, 0.3) is 5.69 Å². The fourth-order valence-electron chi connectivity index (χ4n) is 9.53. The second-order valence-corrected chi connectivity index (χ2v) is 16.8. The maximum absolute atomic E-state index is 13.8. The SMILES string of the molecule is C=CCO[C@@]12Oc3ccc(Oc4ccc(-c5ccccc5)cc4)cc3[C@H]3[C@H](CCCCO)[C@@H](CCCCO)C=C(C(=NOCc4ccc([N+](=O)[O-])cc4)C[C@@H]1N(C)C(=O)OCCCl)[C@H]32. The van der Waals surface area contributed by atoms with Crippen LogP contribution in [0.25, 0.3) is 11.1 Å². The van der Waals surface area contributed by atoms with Gasteiger partial charge in [-0.15, -0.1) is 18.2 Å². The Hall–Kier alpha value is -5.73. The highest BCUT2D eigenvalue weighted by molar-refractivity contribution is 6.18. The minimum absolute atomic E-state index is 0.00162. The highest BCUT2D eigenvalue weighted by atomic mass is 35.5. The fraction of sp³-hybridized carbons (Fsp3) is 0.400. The largest absolute Gasteiger partial charge is 0.459 e. The van der Waals surface area contributed by atoms with Crippen LogP contribution in [0.2, 0.25) is 0 Å². The first kappa shape index (κ1) is 46.3. The van der Waals surface area contributed by atoms with Crippen molar-refractivity contribution >= 4 is 29.1 Å². The van der Waals surface area contributed by atoms with Crippen molar-refractivity contribution in [2.45, 2.75) is 69.3 Å². The summed E-state index contributed by atoms with van der Waals surface area (Å²) < 4.78 is 26.3. The lowest BCUT2D eigenvalue weighted by atomic mass is 9.55. The first-order chi connectivity index (χ1) is 31.2. The van der Waals surface area contributed by atoms with Gasteiger partial charge in [-0.3, -0.25) is 10.1 Å². The van der Waals surface area contributed by atoms with Crippen molar-refractivity contribution < 1.29 is 43.7 Å². The second kappa shape index (κ2) is 21.8. The lowest BCUT2D eigenvalue weighted by molar-refractivity contribution is -0.384. The van der Waals surface area contributed by atoms with Crippen LogP contribution >= 0.6 is 11.6 Å². The van der Waals surface area contributed by atoms with E-state index >= 15 is 0 Å². The number of carbonyl (C=O) groups is 1. The molecule has 7 rings (SSSR count). The van der Waals surface area contributed by atoms with Crippen molar-refractivity contribution in [3.63, 3.8) is 0 Å². The number of oxime groups is 1. The number of hydrogen-bond acceptors (Lipinski definition) is 11. The molecule has 338 valence electrons. The van der Waals surface area contributed by atoms with Crippen LogP contribution in [0.1, 0.15) is 62.0 Å². The van der Waals surface area contributed by atoms with E-state index in [-0.39, 0.29) is 68.8 Å². The van der Waals surface area contributed by atoms with E-state index in [0.29, 0.717) is 41.4 Å². The molecule has 0 unspecified atom stereocenters. The molecule has 14 heteroatoms. The third-order valence-electron chi connectivity index (χ3n) is 12.5. The highest BCUT2D eigenvalue weighted by Crippen LogP contribution is 2.62. The third kappa shape index (κ3) is 10.3. The van der Waals surface area contributed by atoms with Crippen LogP contribution in [0.4, 0.5) is 10.5 Å². The minimum atomic E-state index is -1.47. The first-order valence-electron chi connectivity index (χ1n) is 21.9. The molecule has 0 saturated heterocycles. The van der Waals surface area contributed by atoms with Gasteiger partial charge in [0.2, 0.25) is 5.79 Å². The summed E-state index contributed by atoms with van der Waals surface area (Å²) in [6.45, 7) is 4.25. The van der Waals surface area contributed by atoms with Crippen molar-refractivity contribution in [3.8, 4) is 28.4 Å². The van der Waals surface area contributed by atoms with Crippen molar-refractivity contribution in [2.75, 3.05) is 39.4 Å². The van der Waals surface area contributed by atoms with Crippen molar-refractivity contribution in [1.29, 1.82) is 0 Å². The van der Waals surface area contributed by atoms with Crippen LogP contribution in [0.15, 0.2) is 127 Å². The van der Waals surface area contributed by atoms with Crippen molar-refractivity contribution in [2.24, 2.45) is 22.9 Å². The first-order valence-corrected chi connectivity index (χ1v) is 22.5. The molecule has 3 aliphatic rings. The molecule has 64 heavy (non-hydrogen) atoms. The summed E-state index contributed by atoms with van der Waals surface area (Å²) in [6.07, 6.45) is 7.81. The number of nitrogens with zero attached hydrogens (tertiary/aromatic N) is 3. The maximum atomic E-state index is 13.8. The Bertz CT molecular complexity index is 2270. The van der Waals surface area contributed by atoms with Gasteiger partial charge in [-0.1, -0.05) is 72.6 Å². The molecule has 1 saturated carbocycles. The van der Waals surface area contributed by atoms with Gasteiger partial charge >= 0.3 is 6.09 Å². The number of nitro groups is 1. The number of alkyl halides is 1. The number of likely N-dealkylation sites (N-methyl/N-ethyl adjacent to an activating group) is 1. The molecule has 2 aliphatic carbocycles. The number of fused-ring (bicyclic) bond motifs is 2. The minimum Gasteiger partial charge on any atom is -0.459 e. The Kier molecular flexibility index (Phi) is 15.7. The number of non-ortho nitro benzene ring substituents is 1. The number of rotatable bonds is 21. The van der Waals surface area contributed by atoms with Gasteiger partial charge in [-0.2, -0.15) is 0 Å². The highest BCUT2D eigenvalue weighted by Gasteiger charge is 2.65. The molecular weight excluding hydrogens is 838 g/mol. The summed E-state index contributed by atoms with van der Waals surface area (Å²) in [7, 11) is 1.65. The monoisotopic (exact) mass is 893 g/mol. The van der Waals surface area contributed by atoms with Crippen LogP contribution in [0.3, 0.4) is 0 Å². The number of amides is 1. The Morgan fingerprint density at radius 3 is 2.36 bits per heavy atom. The van der Waals surface area contributed by atoms with Gasteiger partial charge in [-0.05, 0) is 102 Å². The molecule has 6 atom stereocenters. The smallest absolute Gasteiger partial charge is 0.410 e. The van der Waals surface area contributed by atoms with Gasteiger partial charge in [0, 0.05) is 50.3 Å². The molecule has 4 aromatic rings. The molecule has 4 aromatic carbocycles. The van der Waals surface area contributed by atoms with E-state index in [1.807, 2.05) is 60.7 Å². The van der Waals surface area contributed by atoms with E-state index < -0.39 is 28.8 Å². The van der Waals surface area contributed by atoms with E-state index in [1.165, 1.54) is 17.0 Å². The molecule has 1 aliphatic heterocycles. The van der Waals surface area contributed by atoms with Crippen LogP contribution < -0.4 is 9.47 Å². The predicted octanol–water partition coefficient (Wildman–Crippen LogP) is 10.2. The number of aliphatic hydroxyl groups is 2. The zero-order chi connectivity index (χ0) is 45.1. The van der Waals surface area contributed by atoms with Gasteiger partial charge in [0.05, 0.1) is 29.0 Å².